The summed E-state index contributed by atoms with van der Waals surface area (Å²) in [6.45, 7) is 8.95. The van der Waals surface area contributed by atoms with Crippen LogP contribution in [-0.4, -0.2) is 11.8 Å². The van der Waals surface area contributed by atoms with Crippen LogP contribution in [0.1, 0.15) is 45.7 Å². The van der Waals surface area contributed by atoms with Crippen molar-refractivity contribution in [2.45, 2.75) is 50.6 Å². The van der Waals surface area contributed by atoms with Crippen molar-refractivity contribution in [3.05, 3.63) is 29.8 Å². The minimum absolute atomic E-state index is 0.206. The molecule has 0 amide bonds. The van der Waals surface area contributed by atoms with E-state index in [1.165, 1.54) is 10.5 Å². The molecular weight excluding hydrogens is 214 g/mol. The first-order chi connectivity index (χ1) is 7.48. The molecule has 0 heterocycles. The number of rotatable bonds is 5. The Labute approximate surface area is 104 Å². The molecule has 0 aliphatic carbocycles. The van der Waals surface area contributed by atoms with E-state index in [-0.39, 0.29) is 5.54 Å². The Morgan fingerprint density at radius 3 is 2.25 bits per heavy atom. The number of benzene rings is 1. The molecule has 0 radical (unpaired) electrons. The smallest absolute Gasteiger partial charge is 0.0296 e. The predicted molar refractivity (Wildman–Crippen MR) is 74.1 cm³/mol. The van der Waals surface area contributed by atoms with Gasteiger partial charge in [0.2, 0.25) is 0 Å². The van der Waals surface area contributed by atoms with Crippen LogP contribution in [0.15, 0.2) is 29.2 Å². The molecule has 1 rings (SSSR count). The molecule has 0 saturated heterocycles. The van der Waals surface area contributed by atoms with Gasteiger partial charge in [-0.15, -0.1) is 11.8 Å². The molecule has 1 aromatic carbocycles. The molecule has 2 heteroatoms. The standard InChI is InChI=1S/C14H23NS/c1-6-14(3,4)15-11(2)12-7-9-13(16-5)10-8-12/h7-11,15H,6H2,1-5H3. The molecule has 90 valence electrons. The normalized spacial score (nSPS) is 13.8. The van der Waals surface area contributed by atoms with Crippen molar-refractivity contribution in [2.75, 3.05) is 6.26 Å². The van der Waals surface area contributed by atoms with Gasteiger partial charge in [-0.2, -0.15) is 0 Å². The fourth-order valence-corrected chi connectivity index (χ4v) is 2.07. The summed E-state index contributed by atoms with van der Waals surface area (Å²) in [5.41, 5.74) is 1.57. The SMILES string of the molecule is CCC(C)(C)NC(C)c1ccc(SC)cc1. The predicted octanol–water partition coefficient (Wildman–Crippen LogP) is 4.25. The van der Waals surface area contributed by atoms with E-state index in [4.69, 9.17) is 0 Å². The molecule has 0 aliphatic heterocycles. The van der Waals surface area contributed by atoms with E-state index in [0.29, 0.717) is 6.04 Å². The van der Waals surface area contributed by atoms with Crippen molar-refractivity contribution in [3.8, 4) is 0 Å². The third kappa shape index (κ3) is 3.84. The second kappa shape index (κ2) is 5.74. The lowest BCUT2D eigenvalue weighted by Gasteiger charge is -2.29. The maximum absolute atomic E-state index is 3.65. The van der Waals surface area contributed by atoms with Crippen molar-refractivity contribution in [3.63, 3.8) is 0 Å². The van der Waals surface area contributed by atoms with Crippen LogP contribution >= 0.6 is 11.8 Å². The summed E-state index contributed by atoms with van der Waals surface area (Å²) in [4.78, 5) is 1.32. The molecule has 0 fully saturated rings. The fraction of sp³-hybridized carbons (Fsp3) is 0.571. The van der Waals surface area contributed by atoms with E-state index in [1.54, 1.807) is 11.8 Å². The molecule has 1 atom stereocenters. The number of nitrogens with one attached hydrogen (secondary N) is 1. The van der Waals surface area contributed by atoms with Gasteiger partial charge in [-0.05, 0) is 51.1 Å². The minimum Gasteiger partial charge on any atom is -0.305 e. The Kier molecular flexibility index (Phi) is 4.88. The molecule has 1 unspecified atom stereocenters. The maximum atomic E-state index is 3.65. The highest BCUT2D eigenvalue weighted by Crippen LogP contribution is 2.21. The van der Waals surface area contributed by atoms with Crippen LogP contribution in [-0.2, 0) is 0 Å². The lowest BCUT2D eigenvalue weighted by molar-refractivity contribution is 0.337. The van der Waals surface area contributed by atoms with Crippen LogP contribution < -0.4 is 5.32 Å². The van der Waals surface area contributed by atoms with E-state index in [9.17, 15) is 0 Å². The second-order valence-corrected chi connectivity index (χ2v) is 5.76. The zero-order chi connectivity index (χ0) is 12.2. The Hall–Kier alpha value is -0.470. The van der Waals surface area contributed by atoms with Gasteiger partial charge in [0, 0.05) is 16.5 Å². The molecule has 0 bridgehead atoms. The van der Waals surface area contributed by atoms with Crippen molar-refractivity contribution >= 4 is 11.8 Å². The zero-order valence-electron chi connectivity index (χ0n) is 11.0. The Balaban J connectivity index is 2.69. The van der Waals surface area contributed by atoms with Gasteiger partial charge in [-0.25, -0.2) is 0 Å². The van der Waals surface area contributed by atoms with E-state index in [2.05, 4.69) is 63.5 Å². The van der Waals surface area contributed by atoms with Crippen LogP contribution in [0.4, 0.5) is 0 Å². The first-order valence-corrected chi connectivity index (χ1v) is 7.12. The second-order valence-electron chi connectivity index (χ2n) is 4.88. The zero-order valence-corrected chi connectivity index (χ0v) is 11.8. The quantitative estimate of drug-likeness (QED) is 0.768. The van der Waals surface area contributed by atoms with Crippen molar-refractivity contribution in [1.82, 2.24) is 5.32 Å². The van der Waals surface area contributed by atoms with Crippen LogP contribution in [0, 0.1) is 0 Å². The van der Waals surface area contributed by atoms with Crippen molar-refractivity contribution in [1.29, 1.82) is 0 Å². The van der Waals surface area contributed by atoms with Crippen molar-refractivity contribution in [2.24, 2.45) is 0 Å². The average molecular weight is 237 g/mol. The number of hydrogen-bond donors (Lipinski definition) is 1. The molecule has 1 N–H and O–H groups in total. The summed E-state index contributed by atoms with van der Waals surface area (Å²) in [6.07, 6.45) is 3.25. The third-order valence-electron chi connectivity index (χ3n) is 3.11. The summed E-state index contributed by atoms with van der Waals surface area (Å²) in [7, 11) is 0. The third-order valence-corrected chi connectivity index (χ3v) is 3.85. The summed E-state index contributed by atoms with van der Waals surface area (Å²) >= 11 is 1.79. The fourth-order valence-electron chi connectivity index (χ4n) is 1.66. The monoisotopic (exact) mass is 237 g/mol. The highest BCUT2D eigenvalue weighted by Gasteiger charge is 2.18. The highest BCUT2D eigenvalue weighted by molar-refractivity contribution is 7.98. The van der Waals surface area contributed by atoms with Gasteiger partial charge in [0.25, 0.3) is 0 Å². The summed E-state index contributed by atoms with van der Waals surface area (Å²) in [5.74, 6) is 0. The molecule has 16 heavy (non-hydrogen) atoms. The Morgan fingerprint density at radius 2 is 1.81 bits per heavy atom. The lowest BCUT2D eigenvalue weighted by Crippen LogP contribution is -2.40. The Bertz CT molecular complexity index is 316. The number of hydrogen-bond acceptors (Lipinski definition) is 2. The van der Waals surface area contributed by atoms with Gasteiger partial charge in [0.1, 0.15) is 0 Å². The molecular formula is C14H23NS. The first kappa shape index (κ1) is 13.6. The largest absolute Gasteiger partial charge is 0.305 e. The van der Waals surface area contributed by atoms with Crippen LogP contribution in [0.3, 0.4) is 0 Å². The molecule has 0 aromatic heterocycles. The average Bonchev–Trinajstić information content (AvgIpc) is 2.28. The van der Waals surface area contributed by atoms with Gasteiger partial charge >= 0.3 is 0 Å². The van der Waals surface area contributed by atoms with Gasteiger partial charge in [0.05, 0.1) is 0 Å². The van der Waals surface area contributed by atoms with Crippen LogP contribution in [0.25, 0.3) is 0 Å². The topological polar surface area (TPSA) is 12.0 Å². The van der Waals surface area contributed by atoms with E-state index in [1.807, 2.05) is 0 Å². The van der Waals surface area contributed by atoms with E-state index in [0.717, 1.165) is 6.42 Å². The van der Waals surface area contributed by atoms with Crippen LogP contribution in [0.5, 0.6) is 0 Å². The van der Waals surface area contributed by atoms with Gasteiger partial charge in [0.15, 0.2) is 0 Å². The summed E-state index contributed by atoms with van der Waals surface area (Å²) in [5, 5.41) is 3.65. The first-order valence-electron chi connectivity index (χ1n) is 5.90. The maximum Gasteiger partial charge on any atom is 0.0296 e. The minimum atomic E-state index is 0.206. The summed E-state index contributed by atoms with van der Waals surface area (Å²) < 4.78 is 0. The van der Waals surface area contributed by atoms with Gasteiger partial charge in [-0.3, -0.25) is 0 Å². The Morgan fingerprint density at radius 1 is 1.25 bits per heavy atom. The molecule has 0 aliphatic rings. The van der Waals surface area contributed by atoms with Gasteiger partial charge in [-0.1, -0.05) is 19.1 Å². The molecule has 1 aromatic rings. The summed E-state index contributed by atoms with van der Waals surface area (Å²) in [6, 6.07) is 9.23. The lowest BCUT2D eigenvalue weighted by atomic mass is 9.98. The number of thioether (sulfide) groups is 1. The van der Waals surface area contributed by atoms with Crippen LogP contribution in [0.2, 0.25) is 0 Å². The molecule has 0 saturated carbocycles. The van der Waals surface area contributed by atoms with E-state index >= 15 is 0 Å². The van der Waals surface area contributed by atoms with Gasteiger partial charge < -0.3 is 5.32 Å². The molecule has 0 spiro atoms. The van der Waals surface area contributed by atoms with Crippen molar-refractivity contribution < 1.29 is 0 Å². The highest BCUT2D eigenvalue weighted by atomic mass is 32.2. The molecule has 1 nitrogen and oxygen atoms in total. The van der Waals surface area contributed by atoms with E-state index < -0.39 is 0 Å².